The third-order valence-electron chi connectivity index (χ3n) is 4.08. The Kier molecular flexibility index (Phi) is 4.71. The fourth-order valence-electron chi connectivity index (χ4n) is 3.08. The molecule has 2 bridgehead atoms. The molecule has 4 atom stereocenters. The highest BCUT2D eigenvalue weighted by molar-refractivity contribution is 7.85. The summed E-state index contributed by atoms with van der Waals surface area (Å²) >= 11 is 0. The number of likely N-dealkylation sites (tertiary alicyclic amines) is 1. The van der Waals surface area contributed by atoms with Gasteiger partial charge in [-0.2, -0.15) is 4.40 Å². The van der Waals surface area contributed by atoms with E-state index in [1.165, 1.54) is 0 Å². The van der Waals surface area contributed by atoms with Gasteiger partial charge in [-0.15, -0.1) is 0 Å². The van der Waals surface area contributed by atoms with Gasteiger partial charge in [0.2, 0.25) is 0 Å². The zero-order valence-corrected chi connectivity index (χ0v) is 15.3. The van der Waals surface area contributed by atoms with Crippen molar-refractivity contribution in [3.63, 3.8) is 0 Å². The monoisotopic (exact) mass is 328 g/mol. The molecule has 22 heavy (non-hydrogen) atoms. The van der Waals surface area contributed by atoms with E-state index in [-0.39, 0.29) is 22.9 Å². The van der Waals surface area contributed by atoms with Gasteiger partial charge in [0.05, 0.1) is 10.8 Å². The van der Waals surface area contributed by atoms with Crippen molar-refractivity contribution in [1.82, 2.24) is 4.90 Å². The third-order valence-corrected chi connectivity index (χ3v) is 5.44. The number of ether oxygens (including phenoxy) is 1. The lowest BCUT2D eigenvalue weighted by Crippen LogP contribution is -2.48. The first-order chi connectivity index (χ1) is 9.99. The minimum atomic E-state index is -1.29. The molecule has 0 N–H and O–H groups in total. The summed E-state index contributed by atoms with van der Waals surface area (Å²) < 4.78 is 21.5. The number of fused-ring (bicyclic) bond motifs is 2. The van der Waals surface area contributed by atoms with Crippen LogP contribution in [0.3, 0.4) is 0 Å². The number of rotatable bonds is 2. The Hall–Kier alpha value is -0.910. The van der Waals surface area contributed by atoms with Gasteiger partial charge in [0, 0.05) is 12.3 Å². The molecule has 1 heterocycles. The van der Waals surface area contributed by atoms with Crippen molar-refractivity contribution in [1.29, 1.82) is 0 Å². The normalized spacial score (nSPS) is 30.1. The van der Waals surface area contributed by atoms with Crippen LogP contribution in [0.1, 0.15) is 60.8 Å². The lowest BCUT2D eigenvalue weighted by molar-refractivity contribution is 0.0147. The zero-order valence-electron chi connectivity index (χ0n) is 14.5. The van der Waals surface area contributed by atoms with E-state index in [4.69, 9.17) is 4.74 Å². The summed E-state index contributed by atoms with van der Waals surface area (Å²) in [4.78, 5) is 14.3. The summed E-state index contributed by atoms with van der Waals surface area (Å²) in [5, 5.41) is 0. The van der Waals surface area contributed by atoms with Crippen molar-refractivity contribution in [2.75, 3.05) is 0 Å². The Morgan fingerprint density at radius 2 is 1.86 bits per heavy atom. The van der Waals surface area contributed by atoms with Gasteiger partial charge < -0.3 is 4.74 Å². The second kappa shape index (κ2) is 5.95. The lowest BCUT2D eigenvalue weighted by Gasteiger charge is -2.34. The van der Waals surface area contributed by atoms with E-state index < -0.39 is 16.6 Å². The molecule has 1 aliphatic heterocycles. The number of hydrogen-bond acceptors (Lipinski definition) is 3. The fourth-order valence-corrected chi connectivity index (χ4v) is 3.63. The molecule has 1 aliphatic carbocycles. The lowest BCUT2D eigenvalue weighted by atomic mass is 10.0. The molecule has 0 aromatic heterocycles. The SMILES string of the molecule is CC(C)(C)OC(=O)N1C2CCC(C2)C1C=NS(=O)C(C)(C)C. The van der Waals surface area contributed by atoms with Gasteiger partial charge in [-0.3, -0.25) is 4.90 Å². The third kappa shape index (κ3) is 3.89. The van der Waals surface area contributed by atoms with Crippen molar-refractivity contribution in [3.05, 3.63) is 0 Å². The number of carbonyl (C=O) groups excluding carboxylic acids is 1. The van der Waals surface area contributed by atoms with Gasteiger partial charge in [0.1, 0.15) is 16.6 Å². The summed E-state index contributed by atoms with van der Waals surface area (Å²) in [5.41, 5.74) is -0.505. The number of carbonyl (C=O) groups is 1. The molecule has 0 radical (unpaired) electrons. The van der Waals surface area contributed by atoms with E-state index in [1.54, 1.807) is 6.21 Å². The first kappa shape index (κ1) is 17.4. The Bertz CT molecular complexity index is 491. The quantitative estimate of drug-likeness (QED) is 0.731. The summed E-state index contributed by atoms with van der Waals surface area (Å²) in [6.45, 7) is 11.3. The van der Waals surface area contributed by atoms with Gasteiger partial charge in [-0.25, -0.2) is 9.00 Å². The van der Waals surface area contributed by atoms with Crippen LogP contribution in [0.15, 0.2) is 4.40 Å². The van der Waals surface area contributed by atoms with E-state index in [1.807, 2.05) is 46.4 Å². The van der Waals surface area contributed by atoms with E-state index in [0.717, 1.165) is 19.3 Å². The van der Waals surface area contributed by atoms with Crippen molar-refractivity contribution in [2.24, 2.45) is 10.3 Å². The molecular formula is C16H28N2O3S. The molecule has 126 valence electrons. The number of piperidine rings is 1. The van der Waals surface area contributed by atoms with Crippen LogP contribution in [-0.2, 0) is 15.7 Å². The van der Waals surface area contributed by atoms with E-state index in [9.17, 15) is 9.00 Å². The Morgan fingerprint density at radius 3 is 2.41 bits per heavy atom. The molecule has 5 nitrogen and oxygen atoms in total. The van der Waals surface area contributed by atoms with E-state index in [2.05, 4.69) is 4.40 Å². The van der Waals surface area contributed by atoms with Crippen LogP contribution >= 0.6 is 0 Å². The molecular weight excluding hydrogens is 300 g/mol. The predicted molar refractivity (Wildman–Crippen MR) is 89.4 cm³/mol. The first-order valence-corrected chi connectivity index (χ1v) is 9.07. The van der Waals surface area contributed by atoms with Crippen LogP contribution in [0.5, 0.6) is 0 Å². The standard InChI is InChI=1S/C16H28N2O3S/c1-15(2,3)21-14(19)18-12-8-7-11(9-12)13(18)10-17-22(20)16(4,5)6/h10-13H,7-9H2,1-6H3. The second-order valence-corrected chi connectivity index (χ2v) is 10.2. The largest absolute Gasteiger partial charge is 0.444 e. The van der Waals surface area contributed by atoms with Gasteiger partial charge in [0.15, 0.2) is 0 Å². The molecule has 1 amide bonds. The molecule has 1 saturated carbocycles. The molecule has 6 heteroatoms. The van der Waals surface area contributed by atoms with Crippen molar-refractivity contribution in [3.8, 4) is 0 Å². The van der Waals surface area contributed by atoms with Gasteiger partial charge >= 0.3 is 6.09 Å². The molecule has 2 fully saturated rings. The second-order valence-electron chi connectivity index (χ2n) is 8.22. The number of nitrogens with zero attached hydrogens (tertiary/aromatic N) is 2. The average Bonchev–Trinajstić information content (AvgIpc) is 2.92. The molecule has 2 rings (SSSR count). The van der Waals surface area contributed by atoms with E-state index >= 15 is 0 Å². The highest BCUT2D eigenvalue weighted by atomic mass is 32.2. The number of amides is 1. The van der Waals surface area contributed by atoms with Crippen LogP contribution in [-0.4, -0.2) is 43.8 Å². The topological polar surface area (TPSA) is 59.0 Å². The van der Waals surface area contributed by atoms with Crippen LogP contribution in [0.25, 0.3) is 0 Å². The minimum absolute atomic E-state index is 0.0834. The fraction of sp³-hybridized carbons (Fsp3) is 0.875. The summed E-state index contributed by atoms with van der Waals surface area (Å²) in [7, 11) is -1.29. The zero-order chi connectivity index (χ0) is 16.7. The average molecular weight is 328 g/mol. The van der Waals surface area contributed by atoms with Gasteiger partial charge in [-0.1, -0.05) is 0 Å². The highest BCUT2D eigenvalue weighted by Gasteiger charge is 2.48. The molecule has 4 unspecified atom stereocenters. The predicted octanol–water partition coefficient (Wildman–Crippen LogP) is 3.31. The Labute approximate surface area is 136 Å². The first-order valence-electron chi connectivity index (χ1n) is 7.96. The maximum atomic E-state index is 12.5. The molecule has 0 aromatic rings. The maximum absolute atomic E-state index is 12.5. The van der Waals surface area contributed by atoms with Crippen molar-refractivity contribution < 1.29 is 13.7 Å². The van der Waals surface area contributed by atoms with Crippen LogP contribution in [0, 0.1) is 5.92 Å². The smallest absolute Gasteiger partial charge is 0.411 e. The van der Waals surface area contributed by atoms with Gasteiger partial charge in [-0.05, 0) is 66.7 Å². The summed E-state index contributed by atoms with van der Waals surface area (Å²) in [6, 6.07) is 0.152. The Balaban J connectivity index is 2.13. The summed E-state index contributed by atoms with van der Waals surface area (Å²) in [5.74, 6) is 0.415. The van der Waals surface area contributed by atoms with Crippen LogP contribution in [0.4, 0.5) is 4.79 Å². The minimum Gasteiger partial charge on any atom is -0.444 e. The van der Waals surface area contributed by atoms with Crippen molar-refractivity contribution >= 4 is 23.3 Å². The van der Waals surface area contributed by atoms with E-state index in [0.29, 0.717) is 5.92 Å². The molecule has 1 saturated heterocycles. The molecule has 0 spiro atoms. The molecule has 2 aliphatic rings. The van der Waals surface area contributed by atoms with Crippen LogP contribution in [0.2, 0.25) is 0 Å². The highest BCUT2D eigenvalue weighted by Crippen LogP contribution is 2.42. The number of hydrogen-bond donors (Lipinski definition) is 0. The maximum Gasteiger partial charge on any atom is 0.411 e. The summed E-state index contributed by atoms with van der Waals surface area (Å²) in [6.07, 6.45) is 4.56. The van der Waals surface area contributed by atoms with Crippen LogP contribution < -0.4 is 0 Å². The van der Waals surface area contributed by atoms with Crippen molar-refractivity contribution in [2.45, 2.75) is 83.2 Å². The van der Waals surface area contributed by atoms with Gasteiger partial charge in [0.25, 0.3) is 0 Å². The molecule has 0 aromatic carbocycles. The Morgan fingerprint density at radius 1 is 1.23 bits per heavy atom.